The monoisotopic (exact) mass is 443 g/mol. The van der Waals surface area contributed by atoms with Crippen molar-refractivity contribution in [1.82, 2.24) is 4.90 Å². The number of piperidine rings is 2. The van der Waals surface area contributed by atoms with Gasteiger partial charge in [0.25, 0.3) is 0 Å². The summed E-state index contributed by atoms with van der Waals surface area (Å²) >= 11 is 0. The summed E-state index contributed by atoms with van der Waals surface area (Å²) in [7, 11) is 1.65. The van der Waals surface area contributed by atoms with Gasteiger partial charge in [-0.25, -0.2) is 4.79 Å². The predicted octanol–water partition coefficient (Wildman–Crippen LogP) is 6.00. The van der Waals surface area contributed by atoms with E-state index >= 15 is 0 Å². The number of benzene rings is 3. The SMILES string of the molecule is COc1ccc(C(=O)C2CC3CCCC(C2)N3C(=O)OCc2ccccc2)c2ccccc12. The lowest BCUT2D eigenvalue weighted by molar-refractivity contribution is 0.00476. The molecular formula is C28H29NO4. The van der Waals surface area contributed by atoms with Crippen LogP contribution in [-0.2, 0) is 11.3 Å². The van der Waals surface area contributed by atoms with Gasteiger partial charge in [-0.3, -0.25) is 4.79 Å². The molecule has 2 aliphatic heterocycles. The van der Waals surface area contributed by atoms with Gasteiger partial charge < -0.3 is 14.4 Å². The number of ketones is 1. The first-order valence-electron chi connectivity index (χ1n) is 11.7. The predicted molar refractivity (Wildman–Crippen MR) is 127 cm³/mol. The standard InChI is InChI=1S/C28H29NO4/c1-32-26-15-14-25(23-12-5-6-13-24(23)26)27(30)20-16-21-10-7-11-22(17-20)29(21)28(31)33-18-19-8-3-2-4-9-19/h2-6,8-9,12-15,20-22H,7,10-11,16-18H2,1H3. The summed E-state index contributed by atoms with van der Waals surface area (Å²) in [5, 5.41) is 1.88. The number of methoxy groups -OCH3 is 1. The lowest BCUT2D eigenvalue weighted by Gasteiger charge is -2.47. The van der Waals surface area contributed by atoms with Crippen LogP contribution in [0.15, 0.2) is 66.7 Å². The molecule has 2 aliphatic rings. The number of carbonyl (C=O) groups excluding carboxylic acids is 2. The summed E-state index contributed by atoms with van der Waals surface area (Å²) < 4.78 is 11.1. The number of amides is 1. The van der Waals surface area contributed by atoms with E-state index in [0.29, 0.717) is 12.8 Å². The van der Waals surface area contributed by atoms with E-state index in [4.69, 9.17) is 9.47 Å². The van der Waals surface area contributed by atoms with E-state index in [1.54, 1.807) is 7.11 Å². The highest BCUT2D eigenvalue weighted by atomic mass is 16.6. The number of hydrogen-bond acceptors (Lipinski definition) is 4. The van der Waals surface area contributed by atoms with E-state index in [1.165, 1.54) is 0 Å². The molecule has 2 atom stereocenters. The average Bonchev–Trinajstić information content (AvgIpc) is 2.86. The Morgan fingerprint density at radius 2 is 1.55 bits per heavy atom. The molecule has 3 aromatic rings. The molecular weight excluding hydrogens is 414 g/mol. The number of ether oxygens (including phenoxy) is 2. The Hall–Kier alpha value is -3.34. The minimum atomic E-state index is -0.255. The summed E-state index contributed by atoms with van der Waals surface area (Å²) in [6.07, 6.45) is 4.05. The van der Waals surface area contributed by atoms with Gasteiger partial charge >= 0.3 is 6.09 Å². The van der Waals surface area contributed by atoms with E-state index in [-0.39, 0.29) is 36.5 Å². The van der Waals surface area contributed by atoms with E-state index in [1.807, 2.05) is 71.6 Å². The van der Waals surface area contributed by atoms with Crippen molar-refractivity contribution in [3.05, 3.63) is 77.9 Å². The smallest absolute Gasteiger partial charge is 0.410 e. The van der Waals surface area contributed by atoms with Crippen LogP contribution in [0.25, 0.3) is 10.8 Å². The Balaban J connectivity index is 1.33. The fourth-order valence-electron chi connectivity index (χ4n) is 5.57. The highest BCUT2D eigenvalue weighted by Gasteiger charge is 2.44. The van der Waals surface area contributed by atoms with Gasteiger partial charge in [0.1, 0.15) is 12.4 Å². The van der Waals surface area contributed by atoms with Crippen molar-refractivity contribution in [3.63, 3.8) is 0 Å². The van der Waals surface area contributed by atoms with Gasteiger partial charge in [-0.15, -0.1) is 0 Å². The Morgan fingerprint density at radius 1 is 0.879 bits per heavy atom. The number of nitrogens with zero attached hydrogens (tertiary/aromatic N) is 1. The number of fused-ring (bicyclic) bond motifs is 3. The van der Waals surface area contributed by atoms with Gasteiger partial charge in [-0.05, 0) is 55.2 Å². The quantitative estimate of drug-likeness (QED) is 0.454. The lowest BCUT2D eigenvalue weighted by atomic mass is 9.75. The molecule has 3 aromatic carbocycles. The molecule has 2 unspecified atom stereocenters. The molecule has 1 amide bonds. The van der Waals surface area contributed by atoms with Crippen molar-refractivity contribution in [3.8, 4) is 5.75 Å². The van der Waals surface area contributed by atoms with Crippen molar-refractivity contribution in [2.75, 3.05) is 7.11 Å². The molecule has 0 spiro atoms. The highest BCUT2D eigenvalue weighted by Crippen LogP contribution is 2.40. The zero-order valence-electron chi connectivity index (χ0n) is 18.9. The van der Waals surface area contributed by atoms with Crippen molar-refractivity contribution in [2.24, 2.45) is 5.92 Å². The summed E-state index contributed by atoms with van der Waals surface area (Å²) in [5.74, 6) is 0.855. The van der Waals surface area contributed by atoms with Crippen LogP contribution in [-0.4, -0.2) is 36.0 Å². The molecule has 5 rings (SSSR count). The number of rotatable bonds is 5. The van der Waals surface area contributed by atoms with Crippen LogP contribution in [0.5, 0.6) is 5.75 Å². The zero-order chi connectivity index (χ0) is 22.8. The van der Waals surface area contributed by atoms with Gasteiger partial charge in [0.15, 0.2) is 5.78 Å². The lowest BCUT2D eigenvalue weighted by Crippen LogP contribution is -2.55. The molecule has 170 valence electrons. The van der Waals surface area contributed by atoms with E-state index in [2.05, 4.69) is 0 Å². The molecule has 0 saturated carbocycles. The van der Waals surface area contributed by atoms with Crippen LogP contribution in [0.4, 0.5) is 4.79 Å². The largest absolute Gasteiger partial charge is 0.496 e. The second kappa shape index (κ2) is 9.26. The van der Waals surface area contributed by atoms with Crippen LogP contribution < -0.4 is 4.74 Å². The second-order valence-electron chi connectivity index (χ2n) is 9.08. The third kappa shape index (κ3) is 4.20. The van der Waals surface area contributed by atoms with E-state index in [9.17, 15) is 9.59 Å². The molecule has 33 heavy (non-hydrogen) atoms. The maximum atomic E-state index is 13.7. The summed E-state index contributed by atoms with van der Waals surface area (Å²) in [6.45, 7) is 0.274. The fraction of sp³-hybridized carbons (Fsp3) is 0.357. The van der Waals surface area contributed by atoms with Crippen molar-refractivity contribution < 1.29 is 19.1 Å². The Morgan fingerprint density at radius 3 is 2.24 bits per heavy atom. The van der Waals surface area contributed by atoms with Gasteiger partial charge in [0.2, 0.25) is 0 Å². The first-order valence-corrected chi connectivity index (χ1v) is 11.7. The van der Waals surface area contributed by atoms with Crippen molar-refractivity contribution in [2.45, 2.75) is 50.8 Å². The van der Waals surface area contributed by atoms with Gasteiger partial charge in [-0.2, -0.15) is 0 Å². The molecule has 2 bridgehead atoms. The first kappa shape index (κ1) is 21.5. The number of hydrogen-bond donors (Lipinski definition) is 0. The molecule has 2 fully saturated rings. The maximum Gasteiger partial charge on any atom is 0.410 e. The topological polar surface area (TPSA) is 55.8 Å². The van der Waals surface area contributed by atoms with Crippen molar-refractivity contribution >= 4 is 22.6 Å². The Bertz CT molecular complexity index is 1150. The summed E-state index contributed by atoms with van der Waals surface area (Å²) in [6, 6.07) is 21.5. The van der Waals surface area contributed by atoms with Gasteiger partial charge in [-0.1, -0.05) is 54.6 Å². The normalized spacial score (nSPS) is 22.1. The number of Topliss-reactive ketones (excluding diaryl/α,β-unsaturated/α-hetero) is 1. The maximum absolute atomic E-state index is 13.7. The minimum Gasteiger partial charge on any atom is -0.496 e. The fourth-order valence-corrected chi connectivity index (χ4v) is 5.57. The molecule has 0 aromatic heterocycles. The van der Waals surface area contributed by atoms with Crippen LogP contribution in [0.2, 0.25) is 0 Å². The molecule has 0 N–H and O–H groups in total. The van der Waals surface area contributed by atoms with Crippen molar-refractivity contribution in [1.29, 1.82) is 0 Å². The molecule has 2 saturated heterocycles. The average molecular weight is 444 g/mol. The zero-order valence-corrected chi connectivity index (χ0v) is 18.9. The van der Waals surface area contributed by atoms with Gasteiger partial charge in [0.05, 0.1) is 7.11 Å². The molecule has 0 aliphatic carbocycles. The molecule has 2 heterocycles. The summed E-state index contributed by atoms with van der Waals surface area (Å²) in [5.41, 5.74) is 1.72. The highest BCUT2D eigenvalue weighted by molar-refractivity contribution is 6.10. The van der Waals surface area contributed by atoms with Crippen LogP contribution in [0, 0.1) is 5.92 Å². The van der Waals surface area contributed by atoms with Crippen LogP contribution in [0.3, 0.4) is 0 Å². The molecule has 5 heteroatoms. The minimum absolute atomic E-state index is 0.0548. The van der Waals surface area contributed by atoms with E-state index in [0.717, 1.165) is 46.9 Å². The molecule has 0 radical (unpaired) electrons. The van der Waals surface area contributed by atoms with E-state index < -0.39 is 0 Å². The van der Waals surface area contributed by atoms with Gasteiger partial charge in [0, 0.05) is 29.0 Å². The first-order chi connectivity index (χ1) is 16.2. The van der Waals surface area contributed by atoms with Crippen LogP contribution >= 0.6 is 0 Å². The summed E-state index contributed by atoms with van der Waals surface area (Å²) in [4.78, 5) is 28.6. The third-order valence-electron chi connectivity index (χ3n) is 7.13. The second-order valence-corrected chi connectivity index (χ2v) is 9.08. The number of carbonyl (C=O) groups is 2. The Labute approximate surface area is 194 Å². The molecule has 5 nitrogen and oxygen atoms in total. The van der Waals surface area contributed by atoms with Crippen LogP contribution in [0.1, 0.15) is 48.0 Å². The third-order valence-corrected chi connectivity index (χ3v) is 7.13. The Kier molecular flexibility index (Phi) is 6.03.